The van der Waals surface area contributed by atoms with E-state index < -0.39 is 11.6 Å². The molecule has 70 valence electrons. The number of hydroxylamine groups is 1. The van der Waals surface area contributed by atoms with Gasteiger partial charge in [-0.15, -0.1) is 0 Å². The summed E-state index contributed by atoms with van der Waals surface area (Å²) in [5, 5.41) is 8.29. The number of rotatable bonds is 2. The Morgan fingerprint density at radius 3 is 2.46 bits per heavy atom. The molecular weight excluding hydrogens is 173 g/mol. The maximum Gasteiger partial charge on any atom is 0.285 e. The number of benzene rings is 1. The maximum atomic E-state index is 13.6. The van der Waals surface area contributed by atoms with Crippen molar-refractivity contribution in [2.45, 2.75) is 12.6 Å². The van der Waals surface area contributed by atoms with Gasteiger partial charge in [-0.1, -0.05) is 30.3 Å². The number of hydrogen-bond donors (Lipinski definition) is 2. The Bertz CT molecular complexity index is 298. The van der Waals surface area contributed by atoms with E-state index >= 15 is 0 Å². The van der Waals surface area contributed by atoms with Crippen molar-refractivity contribution in [3.63, 3.8) is 0 Å². The second kappa shape index (κ2) is 3.53. The summed E-state index contributed by atoms with van der Waals surface area (Å²) in [7, 11) is 0. The van der Waals surface area contributed by atoms with Crippen LogP contribution in [0, 0.1) is 0 Å². The first-order valence-corrected chi connectivity index (χ1v) is 3.78. The minimum atomic E-state index is -2.20. The second-order valence-corrected chi connectivity index (χ2v) is 2.81. The number of alkyl halides is 1. The lowest BCUT2D eigenvalue weighted by atomic mass is 9.97. The zero-order valence-electron chi connectivity index (χ0n) is 7.12. The van der Waals surface area contributed by atoms with Crippen LogP contribution < -0.4 is 5.48 Å². The van der Waals surface area contributed by atoms with E-state index in [0.29, 0.717) is 0 Å². The highest BCUT2D eigenvalue weighted by atomic mass is 19.1. The molecule has 1 atom stereocenters. The van der Waals surface area contributed by atoms with E-state index in [2.05, 4.69) is 0 Å². The summed E-state index contributed by atoms with van der Waals surface area (Å²) < 4.78 is 13.6. The molecule has 0 aliphatic carbocycles. The molecule has 4 heteroatoms. The van der Waals surface area contributed by atoms with E-state index in [1.807, 2.05) is 0 Å². The minimum absolute atomic E-state index is 0.210. The summed E-state index contributed by atoms with van der Waals surface area (Å²) in [5.74, 6) is -1.07. The molecule has 0 aromatic heterocycles. The highest BCUT2D eigenvalue weighted by Crippen LogP contribution is 2.24. The van der Waals surface area contributed by atoms with Crippen LogP contribution >= 0.6 is 0 Å². The van der Waals surface area contributed by atoms with Crippen molar-refractivity contribution in [2.24, 2.45) is 0 Å². The third-order valence-electron chi connectivity index (χ3n) is 1.84. The first-order chi connectivity index (χ1) is 6.09. The van der Waals surface area contributed by atoms with Crippen molar-refractivity contribution < 1.29 is 14.4 Å². The summed E-state index contributed by atoms with van der Waals surface area (Å²) in [6.45, 7) is 1.09. The topological polar surface area (TPSA) is 49.3 Å². The second-order valence-electron chi connectivity index (χ2n) is 2.81. The zero-order chi connectivity index (χ0) is 9.90. The van der Waals surface area contributed by atoms with Gasteiger partial charge in [-0.3, -0.25) is 10.0 Å². The van der Waals surface area contributed by atoms with E-state index in [4.69, 9.17) is 5.21 Å². The summed E-state index contributed by atoms with van der Waals surface area (Å²) >= 11 is 0. The lowest BCUT2D eigenvalue weighted by Crippen LogP contribution is -2.37. The molecule has 1 aromatic carbocycles. The first-order valence-electron chi connectivity index (χ1n) is 3.78. The van der Waals surface area contributed by atoms with Gasteiger partial charge < -0.3 is 0 Å². The highest BCUT2D eigenvalue weighted by molar-refractivity contribution is 5.84. The van der Waals surface area contributed by atoms with Gasteiger partial charge in [0.1, 0.15) is 0 Å². The summed E-state index contributed by atoms with van der Waals surface area (Å²) in [6.07, 6.45) is 0. The molecule has 0 bridgehead atoms. The van der Waals surface area contributed by atoms with E-state index in [0.717, 1.165) is 6.92 Å². The summed E-state index contributed by atoms with van der Waals surface area (Å²) in [4.78, 5) is 10.9. The van der Waals surface area contributed by atoms with Crippen LogP contribution in [0.25, 0.3) is 0 Å². The van der Waals surface area contributed by atoms with Crippen LogP contribution in [0.1, 0.15) is 12.5 Å². The Kier molecular flexibility index (Phi) is 2.63. The predicted octanol–water partition coefficient (Wildman–Crippen LogP) is 1.38. The summed E-state index contributed by atoms with van der Waals surface area (Å²) in [5.41, 5.74) is -0.699. The number of carbonyl (C=O) groups is 1. The molecule has 0 aliphatic rings. The van der Waals surface area contributed by atoms with Gasteiger partial charge in [-0.05, 0) is 12.5 Å². The maximum absolute atomic E-state index is 13.6. The Labute approximate surface area is 75.2 Å². The number of nitrogens with one attached hydrogen (secondary N) is 1. The lowest BCUT2D eigenvalue weighted by Gasteiger charge is -2.17. The monoisotopic (exact) mass is 183 g/mol. The average molecular weight is 183 g/mol. The predicted molar refractivity (Wildman–Crippen MR) is 44.8 cm³/mol. The van der Waals surface area contributed by atoms with Crippen molar-refractivity contribution >= 4 is 5.91 Å². The van der Waals surface area contributed by atoms with Crippen LogP contribution in [0.2, 0.25) is 0 Å². The Balaban J connectivity index is 3.00. The molecule has 0 aliphatic heterocycles. The molecule has 0 fully saturated rings. The van der Waals surface area contributed by atoms with Crippen LogP contribution in [-0.2, 0) is 10.5 Å². The quantitative estimate of drug-likeness (QED) is 0.537. The Morgan fingerprint density at radius 2 is 2.00 bits per heavy atom. The van der Waals surface area contributed by atoms with Gasteiger partial charge in [0.05, 0.1) is 0 Å². The SMILES string of the molecule is C[C@@](F)(C(=O)NO)c1ccccc1. The first kappa shape index (κ1) is 9.67. The van der Waals surface area contributed by atoms with Crippen molar-refractivity contribution in [3.8, 4) is 0 Å². The van der Waals surface area contributed by atoms with Crippen LogP contribution in [-0.4, -0.2) is 11.1 Å². The Hall–Kier alpha value is -1.42. The van der Waals surface area contributed by atoms with Crippen molar-refractivity contribution in [2.75, 3.05) is 0 Å². The standard InChI is InChI=1S/C9H10FNO2/c1-9(10,8(12)11-13)7-5-3-2-4-6-7/h2-6,13H,1H3,(H,11,12)/t9-/m0/s1. The molecule has 1 rings (SSSR count). The highest BCUT2D eigenvalue weighted by Gasteiger charge is 2.34. The van der Waals surface area contributed by atoms with Gasteiger partial charge in [-0.2, -0.15) is 0 Å². The molecule has 1 aromatic rings. The van der Waals surface area contributed by atoms with Crippen LogP contribution in [0.15, 0.2) is 30.3 Å². The van der Waals surface area contributed by atoms with Crippen molar-refractivity contribution in [1.29, 1.82) is 0 Å². The van der Waals surface area contributed by atoms with Gasteiger partial charge >= 0.3 is 0 Å². The molecule has 0 radical (unpaired) electrons. The largest absolute Gasteiger partial charge is 0.289 e. The molecule has 0 saturated heterocycles. The fourth-order valence-electron chi connectivity index (χ4n) is 0.987. The lowest BCUT2D eigenvalue weighted by molar-refractivity contribution is -0.141. The molecule has 1 amide bonds. The van der Waals surface area contributed by atoms with Gasteiger partial charge in [-0.25, -0.2) is 9.87 Å². The van der Waals surface area contributed by atoms with Gasteiger partial charge in [0, 0.05) is 0 Å². The van der Waals surface area contributed by atoms with Gasteiger partial charge in [0.15, 0.2) is 0 Å². The van der Waals surface area contributed by atoms with Crippen LogP contribution in [0.3, 0.4) is 0 Å². The van der Waals surface area contributed by atoms with E-state index in [9.17, 15) is 9.18 Å². The fourth-order valence-corrected chi connectivity index (χ4v) is 0.987. The minimum Gasteiger partial charge on any atom is -0.289 e. The molecule has 0 unspecified atom stereocenters. The van der Waals surface area contributed by atoms with Crippen molar-refractivity contribution in [1.82, 2.24) is 5.48 Å². The van der Waals surface area contributed by atoms with E-state index in [1.165, 1.54) is 17.6 Å². The molecule has 0 saturated carbocycles. The van der Waals surface area contributed by atoms with Crippen molar-refractivity contribution in [3.05, 3.63) is 35.9 Å². The normalized spacial score (nSPS) is 14.7. The fraction of sp³-hybridized carbons (Fsp3) is 0.222. The molecular formula is C9H10FNO2. The molecule has 2 N–H and O–H groups in total. The zero-order valence-corrected chi connectivity index (χ0v) is 7.12. The molecule has 0 heterocycles. The van der Waals surface area contributed by atoms with E-state index in [1.54, 1.807) is 18.2 Å². The van der Waals surface area contributed by atoms with Gasteiger partial charge in [0.2, 0.25) is 5.67 Å². The van der Waals surface area contributed by atoms with E-state index in [-0.39, 0.29) is 5.56 Å². The molecule has 3 nitrogen and oxygen atoms in total. The molecule has 13 heavy (non-hydrogen) atoms. The third-order valence-corrected chi connectivity index (χ3v) is 1.84. The smallest absolute Gasteiger partial charge is 0.285 e. The van der Waals surface area contributed by atoms with Crippen LogP contribution in [0.4, 0.5) is 4.39 Å². The Morgan fingerprint density at radius 1 is 1.46 bits per heavy atom. The summed E-state index contributed by atoms with van der Waals surface area (Å²) in [6, 6.07) is 7.93. The van der Waals surface area contributed by atoms with Gasteiger partial charge in [0.25, 0.3) is 5.91 Å². The molecule has 0 spiro atoms. The number of hydrogen-bond acceptors (Lipinski definition) is 2. The number of carbonyl (C=O) groups excluding carboxylic acids is 1. The third kappa shape index (κ3) is 1.84. The number of amides is 1. The van der Waals surface area contributed by atoms with Crippen LogP contribution in [0.5, 0.6) is 0 Å². The number of halogens is 1. The average Bonchev–Trinajstić information content (AvgIpc) is 2.18.